The Labute approximate surface area is 178 Å². The first-order valence-electron chi connectivity index (χ1n) is 10.5. The van der Waals surface area contributed by atoms with Crippen molar-refractivity contribution in [3.63, 3.8) is 0 Å². The maximum atomic E-state index is 13.3. The van der Waals surface area contributed by atoms with Crippen molar-refractivity contribution in [3.8, 4) is 0 Å². The normalized spacial score (nSPS) is 22.2. The molecule has 3 aromatic rings. The number of hydrogen-bond acceptors (Lipinski definition) is 4. The van der Waals surface area contributed by atoms with Crippen molar-refractivity contribution in [1.82, 2.24) is 14.5 Å². The zero-order valence-corrected chi connectivity index (χ0v) is 17.2. The molecule has 3 heterocycles. The topological polar surface area (TPSA) is 68.1 Å². The molecule has 2 fully saturated rings. The third-order valence-electron chi connectivity index (χ3n) is 6.86. The predicted octanol–water partition coefficient (Wildman–Crippen LogP) is 4.35. The van der Waals surface area contributed by atoms with Crippen molar-refractivity contribution < 1.29 is 9.59 Å². The van der Waals surface area contributed by atoms with Crippen LogP contribution in [-0.2, 0) is 21.5 Å². The number of nitrogens with zero attached hydrogens (tertiary/aromatic N) is 4. The van der Waals surface area contributed by atoms with E-state index in [1.807, 2.05) is 29.2 Å². The van der Waals surface area contributed by atoms with Crippen LogP contribution in [0.3, 0.4) is 0 Å². The van der Waals surface area contributed by atoms with Crippen LogP contribution in [-0.4, -0.2) is 26.2 Å². The number of hydrogen-bond donors (Lipinski definition) is 0. The van der Waals surface area contributed by atoms with E-state index in [4.69, 9.17) is 16.6 Å². The Morgan fingerprint density at radius 3 is 2.87 bits per heavy atom. The number of halogens is 1. The van der Waals surface area contributed by atoms with Crippen molar-refractivity contribution in [1.29, 1.82) is 0 Å². The van der Waals surface area contributed by atoms with Gasteiger partial charge in [-0.05, 0) is 55.5 Å². The number of benzene rings is 1. The molecule has 7 heteroatoms. The molecule has 6 rings (SSSR count). The molecule has 1 aliphatic heterocycles. The van der Waals surface area contributed by atoms with Gasteiger partial charge in [-0.3, -0.25) is 14.6 Å². The van der Waals surface area contributed by atoms with Gasteiger partial charge in [0.25, 0.3) is 0 Å². The first-order chi connectivity index (χ1) is 14.6. The van der Waals surface area contributed by atoms with Crippen LogP contribution in [0, 0.1) is 0 Å². The number of anilines is 1. The molecule has 1 amide bonds. The Bertz CT molecular complexity index is 1210. The number of fused-ring (bicyclic) bond motifs is 3. The highest BCUT2D eigenvalue weighted by molar-refractivity contribution is 6.31. The number of ketones is 1. The quantitative estimate of drug-likeness (QED) is 0.631. The third kappa shape index (κ3) is 2.56. The second-order valence-corrected chi connectivity index (χ2v) is 9.12. The van der Waals surface area contributed by atoms with Gasteiger partial charge >= 0.3 is 0 Å². The molecule has 0 N–H and O–H groups in total. The van der Waals surface area contributed by atoms with E-state index in [0.29, 0.717) is 24.4 Å². The standard InChI is InChI=1S/C23H21ClN4O2/c24-14-4-5-19-18(10-14)26-21(28(19)15-2-1-3-16(29)11-15)13-27-20-12-25-9-6-17(20)23(7-8-23)22(27)30/h4-6,9-10,12,15H,1-3,7-8,11,13H2. The Morgan fingerprint density at radius 1 is 1.20 bits per heavy atom. The fourth-order valence-corrected chi connectivity index (χ4v) is 5.42. The van der Waals surface area contributed by atoms with Crippen molar-refractivity contribution in [2.75, 3.05) is 4.90 Å². The summed E-state index contributed by atoms with van der Waals surface area (Å²) in [7, 11) is 0. The number of rotatable bonds is 3. The molecule has 2 aromatic heterocycles. The van der Waals surface area contributed by atoms with Gasteiger partial charge in [-0.2, -0.15) is 0 Å². The fraction of sp³-hybridized carbons (Fsp3) is 0.391. The summed E-state index contributed by atoms with van der Waals surface area (Å²) in [6.45, 7) is 0.371. The summed E-state index contributed by atoms with van der Waals surface area (Å²) in [5.74, 6) is 1.23. The van der Waals surface area contributed by atoms with Crippen LogP contribution in [0.5, 0.6) is 0 Å². The number of carbonyl (C=O) groups excluding carboxylic acids is 2. The molecule has 2 aliphatic carbocycles. The predicted molar refractivity (Wildman–Crippen MR) is 114 cm³/mol. The Morgan fingerprint density at radius 2 is 2.07 bits per heavy atom. The first-order valence-corrected chi connectivity index (χ1v) is 10.9. The van der Waals surface area contributed by atoms with Crippen LogP contribution in [0.25, 0.3) is 11.0 Å². The molecule has 0 radical (unpaired) electrons. The second-order valence-electron chi connectivity index (χ2n) is 8.69. The molecule has 1 unspecified atom stereocenters. The Balaban J connectivity index is 1.46. The van der Waals surface area contributed by atoms with Crippen molar-refractivity contribution in [2.45, 2.75) is 56.5 Å². The van der Waals surface area contributed by atoms with Gasteiger partial charge in [-0.15, -0.1) is 0 Å². The summed E-state index contributed by atoms with van der Waals surface area (Å²) in [5, 5.41) is 0.627. The molecule has 152 valence electrons. The van der Waals surface area contributed by atoms with Gasteiger partial charge in [-0.1, -0.05) is 11.6 Å². The van der Waals surface area contributed by atoms with E-state index in [9.17, 15) is 9.59 Å². The van der Waals surface area contributed by atoms with Gasteiger partial charge in [0.15, 0.2) is 0 Å². The van der Waals surface area contributed by atoms with Crippen LogP contribution < -0.4 is 4.90 Å². The zero-order chi connectivity index (χ0) is 20.5. The largest absolute Gasteiger partial charge is 0.323 e. The maximum absolute atomic E-state index is 13.3. The van der Waals surface area contributed by atoms with E-state index in [0.717, 1.165) is 53.8 Å². The van der Waals surface area contributed by atoms with Gasteiger partial charge in [-0.25, -0.2) is 4.98 Å². The zero-order valence-electron chi connectivity index (χ0n) is 16.5. The van der Waals surface area contributed by atoms with Gasteiger partial charge < -0.3 is 9.47 Å². The van der Waals surface area contributed by atoms with Gasteiger partial charge in [0, 0.05) is 30.1 Å². The molecule has 1 aromatic carbocycles. The number of Topliss-reactive ketones (excluding diaryl/α,β-unsaturated/α-hetero) is 1. The fourth-order valence-electron chi connectivity index (χ4n) is 5.26. The number of amides is 1. The Kier molecular flexibility index (Phi) is 3.84. The van der Waals surface area contributed by atoms with Crippen LogP contribution in [0.1, 0.15) is 56.0 Å². The average Bonchev–Trinajstić information content (AvgIpc) is 3.42. The minimum atomic E-state index is -0.362. The highest BCUT2D eigenvalue weighted by atomic mass is 35.5. The van der Waals surface area contributed by atoms with Crippen LogP contribution in [0.15, 0.2) is 36.7 Å². The SMILES string of the molecule is O=C1CCCC(n2c(CN3C(=O)C4(CC4)c4ccncc43)nc3cc(Cl)ccc32)C1. The first kappa shape index (κ1) is 18.1. The molecule has 3 aliphatic rings. The lowest BCUT2D eigenvalue weighted by molar-refractivity contribution is -0.121. The van der Waals surface area contributed by atoms with Gasteiger partial charge in [0.1, 0.15) is 11.6 Å². The van der Waals surface area contributed by atoms with E-state index in [1.54, 1.807) is 12.4 Å². The average molecular weight is 421 g/mol. The molecule has 1 spiro atoms. The monoisotopic (exact) mass is 420 g/mol. The second kappa shape index (κ2) is 6.38. The van der Waals surface area contributed by atoms with E-state index in [1.165, 1.54) is 0 Å². The third-order valence-corrected chi connectivity index (χ3v) is 7.09. The number of aromatic nitrogens is 3. The molecule has 2 saturated carbocycles. The van der Waals surface area contributed by atoms with Crippen LogP contribution in [0.2, 0.25) is 5.02 Å². The van der Waals surface area contributed by atoms with Gasteiger partial charge in [0.2, 0.25) is 5.91 Å². The number of pyridine rings is 1. The lowest BCUT2D eigenvalue weighted by Gasteiger charge is -2.26. The lowest BCUT2D eigenvalue weighted by Crippen LogP contribution is -2.33. The van der Waals surface area contributed by atoms with E-state index < -0.39 is 0 Å². The van der Waals surface area contributed by atoms with Crippen LogP contribution >= 0.6 is 11.6 Å². The summed E-state index contributed by atoms with van der Waals surface area (Å²) >= 11 is 6.22. The summed E-state index contributed by atoms with van der Waals surface area (Å²) < 4.78 is 2.17. The highest BCUT2D eigenvalue weighted by Crippen LogP contribution is 2.57. The Hall–Kier alpha value is -2.73. The minimum absolute atomic E-state index is 0.0633. The molecule has 0 bridgehead atoms. The number of carbonyl (C=O) groups is 2. The van der Waals surface area contributed by atoms with E-state index in [-0.39, 0.29) is 23.1 Å². The summed E-state index contributed by atoms with van der Waals surface area (Å²) in [4.78, 5) is 36.5. The summed E-state index contributed by atoms with van der Waals surface area (Å²) in [6, 6.07) is 7.72. The van der Waals surface area contributed by atoms with Crippen molar-refractivity contribution in [3.05, 3.63) is 53.1 Å². The number of imidazole rings is 1. The van der Waals surface area contributed by atoms with E-state index in [2.05, 4.69) is 9.55 Å². The van der Waals surface area contributed by atoms with Crippen molar-refractivity contribution in [2.24, 2.45) is 0 Å². The maximum Gasteiger partial charge on any atom is 0.238 e. The molecular formula is C23H21ClN4O2. The van der Waals surface area contributed by atoms with Crippen LogP contribution in [0.4, 0.5) is 5.69 Å². The molecule has 1 atom stereocenters. The van der Waals surface area contributed by atoms with Crippen molar-refractivity contribution >= 4 is 40.0 Å². The molecular weight excluding hydrogens is 400 g/mol. The highest BCUT2D eigenvalue weighted by Gasteiger charge is 2.59. The smallest absolute Gasteiger partial charge is 0.238 e. The molecule has 6 nitrogen and oxygen atoms in total. The minimum Gasteiger partial charge on any atom is -0.323 e. The summed E-state index contributed by atoms with van der Waals surface area (Å²) in [5.41, 5.74) is 3.37. The lowest BCUT2D eigenvalue weighted by atomic mass is 9.94. The van der Waals surface area contributed by atoms with E-state index >= 15 is 0 Å². The molecule has 0 saturated heterocycles. The van der Waals surface area contributed by atoms with Gasteiger partial charge in [0.05, 0.1) is 34.9 Å². The molecule has 30 heavy (non-hydrogen) atoms. The summed E-state index contributed by atoms with van der Waals surface area (Å²) in [6.07, 6.45) is 8.31.